The van der Waals surface area contributed by atoms with E-state index in [1.165, 1.54) is 0 Å². The Balaban J connectivity index is 1.68. The summed E-state index contributed by atoms with van der Waals surface area (Å²) >= 11 is 6.14. The van der Waals surface area contributed by atoms with Crippen molar-refractivity contribution >= 4 is 34.2 Å². The van der Waals surface area contributed by atoms with Gasteiger partial charge in [-0.1, -0.05) is 35.9 Å². The molecule has 0 saturated carbocycles. The molecule has 0 aliphatic heterocycles. The number of nitrogens with zero attached hydrogens (tertiary/aromatic N) is 3. The summed E-state index contributed by atoms with van der Waals surface area (Å²) in [5, 5.41) is 9.05. The summed E-state index contributed by atoms with van der Waals surface area (Å²) < 4.78 is 3.40. The first-order chi connectivity index (χ1) is 14.8. The molecule has 2 aromatic heterocycles. The van der Waals surface area contributed by atoms with Crippen LogP contribution in [0.25, 0.3) is 16.7 Å². The number of halogens is 1. The van der Waals surface area contributed by atoms with Crippen LogP contribution in [0.3, 0.4) is 0 Å². The molecule has 1 amide bonds. The first kappa shape index (κ1) is 20.9. The minimum absolute atomic E-state index is 0.141. The molecule has 4 aromatic rings. The fourth-order valence-electron chi connectivity index (χ4n) is 3.74. The number of nitrogens with one attached hydrogen (secondary N) is 1. The number of aryl methyl sites for hydroxylation is 4. The van der Waals surface area contributed by atoms with E-state index in [1.54, 1.807) is 21.4 Å². The Hall–Kier alpha value is -3.38. The molecule has 0 unspecified atom stereocenters. The quantitative estimate of drug-likeness (QED) is 0.490. The third-order valence-electron chi connectivity index (χ3n) is 5.31. The van der Waals surface area contributed by atoms with Gasteiger partial charge in [-0.15, -0.1) is 0 Å². The van der Waals surface area contributed by atoms with Crippen molar-refractivity contribution in [3.63, 3.8) is 0 Å². The van der Waals surface area contributed by atoms with Crippen molar-refractivity contribution in [2.75, 3.05) is 5.32 Å². The second-order valence-electron chi connectivity index (χ2n) is 7.61. The van der Waals surface area contributed by atoms with E-state index in [1.807, 2.05) is 63.2 Å². The molecule has 0 spiro atoms. The number of rotatable bonds is 5. The number of fused-ring (bicyclic) bond motifs is 1. The largest absolute Gasteiger partial charge is 0.326 e. The number of pyridine rings is 1. The van der Waals surface area contributed by atoms with Gasteiger partial charge in [-0.3, -0.25) is 14.2 Å². The Labute approximate surface area is 185 Å². The van der Waals surface area contributed by atoms with E-state index in [4.69, 9.17) is 11.6 Å². The van der Waals surface area contributed by atoms with Crippen LogP contribution in [0.5, 0.6) is 0 Å². The maximum atomic E-state index is 12.9. The van der Waals surface area contributed by atoms with Gasteiger partial charge in [0.25, 0.3) is 5.56 Å². The molecule has 7 heteroatoms. The van der Waals surface area contributed by atoms with E-state index in [0.717, 1.165) is 27.9 Å². The number of aromatic nitrogens is 3. The van der Waals surface area contributed by atoms with Gasteiger partial charge in [-0.25, -0.2) is 4.68 Å². The van der Waals surface area contributed by atoms with Gasteiger partial charge in [0.15, 0.2) is 0 Å². The van der Waals surface area contributed by atoms with Crippen molar-refractivity contribution in [1.29, 1.82) is 0 Å². The first-order valence-corrected chi connectivity index (χ1v) is 10.4. The predicted molar refractivity (Wildman–Crippen MR) is 124 cm³/mol. The number of hydrogen-bond donors (Lipinski definition) is 1. The molecule has 4 rings (SSSR count). The van der Waals surface area contributed by atoms with E-state index in [-0.39, 0.29) is 24.4 Å². The van der Waals surface area contributed by atoms with Gasteiger partial charge in [-0.05, 0) is 56.2 Å². The van der Waals surface area contributed by atoms with Gasteiger partial charge in [0, 0.05) is 35.1 Å². The van der Waals surface area contributed by atoms with Gasteiger partial charge in [0.1, 0.15) is 5.65 Å². The molecule has 0 fully saturated rings. The lowest BCUT2D eigenvalue weighted by molar-refractivity contribution is -0.116. The van der Waals surface area contributed by atoms with Gasteiger partial charge in [0.2, 0.25) is 5.91 Å². The summed E-state index contributed by atoms with van der Waals surface area (Å²) in [5.74, 6) is -0.192. The molecular weight excluding hydrogens is 412 g/mol. The van der Waals surface area contributed by atoms with Crippen LogP contribution < -0.4 is 10.9 Å². The zero-order chi connectivity index (χ0) is 22.1. The normalized spacial score (nSPS) is 11.1. The topological polar surface area (TPSA) is 68.9 Å². The van der Waals surface area contributed by atoms with Gasteiger partial charge < -0.3 is 5.32 Å². The van der Waals surface area contributed by atoms with Crippen molar-refractivity contribution in [2.45, 2.75) is 33.7 Å². The number of para-hydroxylation sites is 1. The molecule has 1 N–H and O–H groups in total. The summed E-state index contributed by atoms with van der Waals surface area (Å²) in [6.07, 6.45) is 0.141. The summed E-state index contributed by atoms with van der Waals surface area (Å²) in [6, 6.07) is 16.7. The lowest BCUT2D eigenvalue weighted by atomic mass is 10.1. The molecule has 158 valence electrons. The molecular formula is C24H23ClN4O2. The monoisotopic (exact) mass is 434 g/mol. The molecule has 0 saturated heterocycles. The first-order valence-electron chi connectivity index (χ1n) is 10.1. The molecule has 6 nitrogen and oxygen atoms in total. The number of benzene rings is 2. The number of carbonyl (C=O) groups is 1. The minimum atomic E-state index is -0.192. The van der Waals surface area contributed by atoms with Crippen LogP contribution in [0.15, 0.2) is 59.4 Å². The molecule has 0 bridgehead atoms. The van der Waals surface area contributed by atoms with E-state index >= 15 is 0 Å². The summed E-state index contributed by atoms with van der Waals surface area (Å²) in [7, 11) is 0. The van der Waals surface area contributed by atoms with E-state index < -0.39 is 0 Å². The van der Waals surface area contributed by atoms with Crippen molar-refractivity contribution in [3.8, 4) is 5.69 Å². The van der Waals surface area contributed by atoms with Crippen LogP contribution >= 0.6 is 11.6 Å². The highest BCUT2D eigenvalue weighted by atomic mass is 35.5. The Morgan fingerprint density at radius 2 is 1.77 bits per heavy atom. The Morgan fingerprint density at radius 3 is 2.48 bits per heavy atom. The smallest absolute Gasteiger partial charge is 0.252 e. The molecule has 2 aromatic carbocycles. The number of carbonyl (C=O) groups excluding carboxylic acids is 1. The third-order valence-corrected chi connectivity index (χ3v) is 5.72. The predicted octanol–water partition coefficient (Wildman–Crippen LogP) is 4.79. The van der Waals surface area contributed by atoms with E-state index in [2.05, 4.69) is 10.4 Å². The second-order valence-corrected chi connectivity index (χ2v) is 8.02. The maximum absolute atomic E-state index is 12.9. The highest BCUT2D eigenvalue weighted by Gasteiger charge is 2.17. The molecule has 0 aliphatic carbocycles. The van der Waals surface area contributed by atoms with Crippen molar-refractivity contribution < 1.29 is 4.79 Å². The number of amides is 1. The number of anilines is 1. The molecule has 0 radical (unpaired) electrons. The number of hydrogen-bond acceptors (Lipinski definition) is 3. The van der Waals surface area contributed by atoms with Crippen molar-refractivity contribution in [1.82, 2.24) is 14.3 Å². The van der Waals surface area contributed by atoms with Gasteiger partial charge >= 0.3 is 0 Å². The maximum Gasteiger partial charge on any atom is 0.252 e. The summed E-state index contributed by atoms with van der Waals surface area (Å²) in [6.45, 7) is 5.98. The fraction of sp³-hybridized carbons (Fsp3) is 0.208. The summed E-state index contributed by atoms with van der Waals surface area (Å²) in [5.41, 5.74) is 4.68. The van der Waals surface area contributed by atoms with E-state index in [9.17, 15) is 9.59 Å². The average Bonchev–Trinajstić information content (AvgIpc) is 3.09. The zero-order valence-corrected chi connectivity index (χ0v) is 18.4. The highest BCUT2D eigenvalue weighted by Crippen LogP contribution is 2.24. The summed E-state index contributed by atoms with van der Waals surface area (Å²) in [4.78, 5) is 25.4. The fourth-order valence-corrected chi connectivity index (χ4v) is 3.92. The van der Waals surface area contributed by atoms with Crippen LogP contribution in [0.4, 0.5) is 5.69 Å². The lowest BCUT2D eigenvalue weighted by Gasteiger charge is -2.13. The molecule has 31 heavy (non-hydrogen) atoms. The van der Waals surface area contributed by atoms with Crippen LogP contribution in [-0.2, 0) is 11.3 Å². The third kappa shape index (κ3) is 4.11. The van der Waals surface area contributed by atoms with Crippen LogP contribution in [0, 0.1) is 20.8 Å². The Kier molecular flexibility index (Phi) is 5.65. The van der Waals surface area contributed by atoms with Gasteiger partial charge in [-0.2, -0.15) is 5.10 Å². The molecule has 0 atom stereocenters. The van der Waals surface area contributed by atoms with E-state index in [0.29, 0.717) is 16.4 Å². The standard InChI is InChI=1S/C24H23ClN4O2/c1-15-9-10-18(14-20(15)25)26-21(30)11-12-28-22(31)13-16(2)23-17(3)27-29(24(23)28)19-7-5-4-6-8-19/h4-10,13-14H,11-12H2,1-3H3,(H,26,30). The lowest BCUT2D eigenvalue weighted by Crippen LogP contribution is -2.25. The average molecular weight is 435 g/mol. The van der Waals surface area contributed by atoms with Crippen LogP contribution in [0.2, 0.25) is 5.02 Å². The molecule has 0 aliphatic rings. The second kappa shape index (κ2) is 8.40. The Bertz CT molecular complexity index is 1340. The van der Waals surface area contributed by atoms with Crippen molar-refractivity contribution in [3.05, 3.63) is 86.8 Å². The molecule has 2 heterocycles. The highest BCUT2D eigenvalue weighted by molar-refractivity contribution is 6.31. The van der Waals surface area contributed by atoms with Crippen LogP contribution in [-0.4, -0.2) is 20.3 Å². The van der Waals surface area contributed by atoms with Crippen molar-refractivity contribution in [2.24, 2.45) is 0 Å². The minimum Gasteiger partial charge on any atom is -0.326 e. The Morgan fingerprint density at radius 1 is 1.03 bits per heavy atom. The SMILES string of the molecule is Cc1ccc(NC(=O)CCn2c(=O)cc(C)c3c(C)nn(-c4ccccc4)c32)cc1Cl. The zero-order valence-electron chi connectivity index (χ0n) is 17.6. The van der Waals surface area contributed by atoms with Crippen LogP contribution in [0.1, 0.15) is 23.2 Å². The van der Waals surface area contributed by atoms with Gasteiger partial charge in [0.05, 0.1) is 11.4 Å².